The van der Waals surface area contributed by atoms with Gasteiger partial charge in [0.15, 0.2) is 5.76 Å². The van der Waals surface area contributed by atoms with Gasteiger partial charge in [-0.3, -0.25) is 4.79 Å². The van der Waals surface area contributed by atoms with E-state index in [9.17, 15) is 9.59 Å². The molecule has 0 unspecified atom stereocenters. The molecule has 0 saturated carbocycles. The van der Waals surface area contributed by atoms with Crippen LogP contribution in [0, 0.1) is 0 Å². The van der Waals surface area contributed by atoms with Gasteiger partial charge in [0.05, 0.1) is 11.8 Å². The minimum Gasteiger partial charge on any atom is -0.478 e. The van der Waals surface area contributed by atoms with Crippen molar-refractivity contribution in [1.29, 1.82) is 0 Å². The minimum atomic E-state index is -0.954. The Labute approximate surface area is 134 Å². The first-order valence-corrected chi connectivity index (χ1v) is 7.69. The van der Waals surface area contributed by atoms with Crippen LogP contribution in [0.2, 0.25) is 0 Å². The number of benzene rings is 1. The third-order valence-corrected chi connectivity index (χ3v) is 4.26. The van der Waals surface area contributed by atoms with Crippen LogP contribution in [-0.2, 0) is 13.0 Å². The maximum Gasteiger partial charge on any atom is 0.335 e. The van der Waals surface area contributed by atoms with Gasteiger partial charge in [0.1, 0.15) is 0 Å². The molecule has 0 radical (unpaired) electrons. The number of amides is 1. The Kier molecular flexibility index (Phi) is 3.94. The molecular formula is C18H19NO4. The third kappa shape index (κ3) is 2.86. The fraction of sp³-hybridized carbons (Fsp3) is 0.333. The highest BCUT2D eigenvalue weighted by molar-refractivity contribution is 5.93. The average Bonchev–Trinajstić information content (AvgIpc) is 3.02. The number of hydrogen-bond acceptors (Lipinski definition) is 3. The van der Waals surface area contributed by atoms with E-state index in [1.807, 2.05) is 26.0 Å². The molecule has 0 bridgehead atoms. The fourth-order valence-electron chi connectivity index (χ4n) is 2.95. The zero-order valence-electron chi connectivity index (χ0n) is 13.2. The molecule has 2 heterocycles. The normalized spacial score (nSPS) is 14.0. The molecule has 0 aliphatic carbocycles. The number of hydrogen-bond donors (Lipinski definition) is 1. The van der Waals surface area contributed by atoms with E-state index in [2.05, 4.69) is 0 Å². The lowest BCUT2D eigenvalue weighted by atomic mass is 9.96. The number of carboxylic acids is 1. The number of aromatic carboxylic acids is 1. The fourth-order valence-corrected chi connectivity index (χ4v) is 2.95. The number of furan rings is 1. The standard InChI is InChI=1S/C18H19NO4/c1-11(2)15-6-8-23-16(15)17(20)19-7-5-12-3-4-13(18(21)22)9-14(12)10-19/h3-4,6,8-9,11H,5,7,10H2,1-2H3,(H,21,22). The molecule has 1 aliphatic heterocycles. The summed E-state index contributed by atoms with van der Waals surface area (Å²) in [6.45, 7) is 5.06. The van der Waals surface area contributed by atoms with Crippen molar-refractivity contribution in [2.45, 2.75) is 32.7 Å². The Morgan fingerprint density at radius 1 is 1.22 bits per heavy atom. The van der Waals surface area contributed by atoms with Gasteiger partial charge in [-0.2, -0.15) is 0 Å². The number of carboxylic acid groups (broad SMARTS) is 1. The molecule has 120 valence electrons. The SMILES string of the molecule is CC(C)c1ccoc1C(=O)N1CCc2ccc(C(=O)O)cc2C1. The number of carbonyl (C=O) groups excluding carboxylic acids is 1. The van der Waals surface area contributed by atoms with Crippen molar-refractivity contribution < 1.29 is 19.1 Å². The van der Waals surface area contributed by atoms with Crippen LogP contribution in [0.3, 0.4) is 0 Å². The Balaban J connectivity index is 1.86. The molecule has 0 saturated heterocycles. The van der Waals surface area contributed by atoms with Gasteiger partial charge in [-0.05, 0) is 41.7 Å². The maximum absolute atomic E-state index is 12.7. The Hall–Kier alpha value is -2.56. The molecule has 1 amide bonds. The quantitative estimate of drug-likeness (QED) is 0.944. The molecule has 0 atom stereocenters. The molecule has 1 N–H and O–H groups in total. The van der Waals surface area contributed by atoms with Crippen molar-refractivity contribution in [1.82, 2.24) is 4.90 Å². The summed E-state index contributed by atoms with van der Waals surface area (Å²) in [4.78, 5) is 25.6. The van der Waals surface area contributed by atoms with E-state index in [-0.39, 0.29) is 17.4 Å². The molecule has 1 aromatic heterocycles. The first-order chi connectivity index (χ1) is 11.0. The van der Waals surface area contributed by atoms with Crippen LogP contribution in [0.15, 0.2) is 34.9 Å². The summed E-state index contributed by atoms with van der Waals surface area (Å²) < 4.78 is 5.41. The Morgan fingerprint density at radius 3 is 2.70 bits per heavy atom. The first kappa shape index (κ1) is 15.3. The van der Waals surface area contributed by atoms with Gasteiger partial charge in [0, 0.05) is 18.7 Å². The Bertz CT molecular complexity index is 760. The van der Waals surface area contributed by atoms with Crippen molar-refractivity contribution >= 4 is 11.9 Å². The van der Waals surface area contributed by atoms with E-state index >= 15 is 0 Å². The van der Waals surface area contributed by atoms with Crippen molar-refractivity contribution in [3.8, 4) is 0 Å². The predicted octanol–water partition coefficient (Wildman–Crippen LogP) is 3.30. The highest BCUT2D eigenvalue weighted by Gasteiger charge is 2.27. The summed E-state index contributed by atoms with van der Waals surface area (Å²) >= 11 is 0. The van der Waals surface area contributed by atoms with Crippen LogP contribution >= 0.6 is 0 Å². The highest BCUT2D eigenvalue weighted by Crippen LogP contribution is 2.26. The van der Waals surface area contributed by atoms with E-state index in [1.165, 1.54) is 0 Å². The molecule has 0 fully saturated rings. The van der Waals surface area contributed by atoms with Crippen LogP contribution in [0.1, 0.15) is 57.4 Å². The third-order valence-electron chi connectivity index (χ3n) is 4.26. The van der Waals surface area contributed by atoms with E-state index in [0.29, 0.717) is 18.8 Å². The van der Waals surface area contributed by atoms with Crippen LogP contribution in [0.25, 0.3) is 0 Å². The van der Waals surface area contributed by atoms with Crippen molar-refractivity contribution in [3.05, 3.63) is 58.5 Å². The van der Waals surface area contributed by atoms with Gasteiger partial charge < -0.3 is 14.4 Å². The number of fused-ring (bicyclic) bond motifs is 1. The van der Waals surface area contributed by atoms with Gasteiger partial charge in [-0.1, -0.05) is 19.9 Å². The van der Waals surface area contributed by atoms with E-state index in [0.717, 1.165) is 23.1 Å². The summed E-state index contributed by atoms with van der Waals surface area (Å²) in [5, 5.41) is 9.11. The van der Waals surface area contributed by atoms with Crippen LogP contribution < -0.4 is 0 Å². The molecule has 0 spiro atoms. The zero-order valence-corrected chi connectivity index (χ0v) is 13.2. The monoisotopic (exact) mass is 313 g/mol. The Morgan fingerprint density at radius 2 is 2.00 bits per heavy atom. The molecule has 3 rings (SSSR count). The smallest absolute Gasteiger partial charge is 0.335 e. The van der Waals surface area contributed by atoms with Gasteiger partial charge >= 0.3 is 5.97 Å². The maximum atomic E-state index is 12.7. The first-order valence-electron chi connectivity index (χ1n) is 7.69. The largest absolute Gasteiger partial charge is 0.478 e. The van der Waals surface area contributed by atoms with Crippen molar-refractivity contribution in [2.75, 3.05) is 6.54 Å². The number of nitrogens with zero attached hydrogens (tertiary/aromatic N) is 1. The van der Waals surface area contributed by atoms with Crippen LogP contribution in [-0.4, -0.2) is 28.4 Å². The second-order valence-electron chi connectivity index (χ2n) is 6.13. The summed E-state index contributed by atoms with van der Waals surface area (Å²) in [6.07, 6.45) is 2.27. The van der Waals surface area contributed by atoms with Crippen LogP contribution in [0.5, 0.6) is 0 Å². The van der Waals surface area contributed by atoms with Crippen LogP contribution in [0.4, 0.5) is 0 Å². The lowest BCUT2D eigenvalue weighted by molar-refractivity contribution is 0.0696. The summed E-state index contributed by atoms with van der Waals surface area (Å²) in [5.41, 5.74) is 3.14. The molecular weight excluding hydrogens is 294 g/mol. The average molecular weight is 313 g/mol. The molecule has 1 aliphatic rings. The molecule has 1 aromatic carbocycles. The summed E-state index contributed by atoms with van der Waals surface area (Å²) in [7, 11) is 0. The summed E-state index contributed by atoms with van der Waals surface area (Å²) in [5.74, 6) is -0.490. The van der Waals surface area contributed by atoms with E-state index in [4.69, 9.17) is 9.52 Å². The van der Waals surface area contributed by atoms with Crippen molar-refractivity contribution in [3.63, 3.8) is 0 Å². The topological polar surface area (TPSA) is 70.8 Å². The number of rotatable bonds is 3. The van der Waals surface area contributed by atoms with Gasteiger partial charge in [-0.25, -0.2) is 4.79 Å². The second-order valence-corrected chi connectivity index (χ2v) is 6.13. The minimum absolute atomic E-state index is 0.134. The summed E-state index contributed by atoms with van der Waals surface area (Å²) in [6, 6.07) is 6.94. The van der Waals surface area contributed by atoms with E-state index in [1.54, 1.807) is 23.3 Å². The second kappa shape index (κ2) is 5.91. The highest BCUT2D eigenvalue weighted by atomic mass is 16.4. The lowest BCUT2D eigenvalue weighted by Crippen LogP contribution is -2.36. The molecule has 23 heavy (non-hydrogen) atoms. The predicted molar refractivity (Wildman–Crippen MR) is 84.6 cm³/mol. The lowest BCUT2D eigenvalue weighted by Gasteiger charge is -2.28. The van der Waals surface area contributed by atoms with Gasteiger partial charge in [0.25, 0.3) is 5.91 Å². The molecule has 2 aromatic rings. The number of carbonyl (C=O) groups is 2. The molecule has 5 nitrogen and oxygen atoms in total. The van der Waals surface area contributed by atoms with Crippen molar-refractivity contribution in [2.24, 2.45) is 0 Å². The zero-order chi connectivity index (χ0) is 16.6. The van der Waals surface area contributed by atoms with Gasteiger partial charge in [0.2, 0.25) is 0 Å². The van der Waals surface area contributed by atoms with Gasteiger partial charge in [-0.15, -0.1) is 0 Å². The van der Waals surface area contributed by atoms with E-state index < -0.39 is 5.97 Å². The molecule has 5 heteroatoms.